The van der Waals surface area contributed by atoms with Crippen molar-refractivity contribution >= 4 is 23.3 Å². The van der Waals surface area contributed by atoms with Crippen LogP contribution in [0.1, 0.15) is 18.4 Å². The molecule has 4 nitrogen and oxygen atoms in total. The molecule has 3 rings (SSSR count). The van der Waals surface area contributed by atoms with Gasteiger partial charge in [-0.05, 0) is 36.6 Å². The maximum absolute atomic E-state index is 12.2. The molecular formula is C18H20ClN3O. The smallest absolute Gasteiger partial charge is 0.224 e. The molecule has 2 heterocycles. The standard InChI is InChI=1S/C18H20ClN3O/c19-16-8-2-1-6-14(16)12-18(23)21-13-15-7-5-11-22(15)17-9-3-4-10-20-17/h1-4,6,8-10,15H,5,7,11-13H2,(H,21,23)/t15-/m0/s1. The molecule has 1 saturated heterocycles. The lowest BCUT2D eigenvalue weighted by molar-refractivity contribution is -0.120. The summed E-state index contributed by atoms with van der Waals surface area (Å²) in [6, 6.07) is 13.7. The third kappa shape index (κ3) is 4.02. The third-order valence-electron chi connectivity index (χ3n) is 4.16. The van der Waals surface area contributed by atoms with Gasteiger partial charge in [-0.25, -0.2) is 4.98 Å². The van der Waals surface area contributed by atoms with Gasteiger partial charge in [0.15, 0.2) is 0 Å². The molecule has 1 atom stereocenters. The highest BCUT2D eigenvalue weighted by atomic mass is 35.5. The molecule has 2 aromatic rings. The number of pyridine rings is 1. The Morgan fingerprint density at radius 3 is 2.87 bits per heavy atom. The quantitative estimate of drug-likeness (QED) is 0.917. The Hall–Kier alpha value is -2.07. The van der Waals surface area contributed by atoms with Gasteiger partial charge < -0.3 is 10.2 Å². The summed E-state index contributed by atoms with van der Waals surface area (Å²) in [5.74, 6) is 0.987. The Morgan fingerprint density at radius 1 is 1.26 bits per heavy atom. The van der Waals surface area contributed by atoms with E-state index in [-0.39, 0.29) is 5.91 Å². The van der Waals surface area contributed by atoms with Gasteiger partial charge in [0.1, 0.15) is 5.82 Å². The minimum atomic E-state index is 0.00553. The zero-order valence-electron chi connectivity index (χ0n) is 12.9. The van der Waals surface area contributed by atoms with Crippen molar-refractivity contribution in [2.45, 2.75) is 25.3 Å². The van der Waals surface area contributed by atoms with Gasteiger partial charge in [-0.3, -0.25) is 4.79 Å². The van der Waals surface area contributed by atoms with E-state index in [1.165, 1.54) is 0 Å². The fraction of sp³-hybridized carbons (Fsp3) is 0.333. The van der Waals surface area contributed by atoms with Gasteiger partial charge in [-0.1, -0.05) is 35.9 Å². The second-order valence-corrected chi connectivity index (χ2v) is 6.16. The van der Waals surface area contributed by atoms with E-state index in [1.54, 1.807) is 6.20 Å². The Bertz CT molecular complexity index is 662. The molecule has 0 spiro atoms. The number of carbonyl (C=O) groups excluding carboxylic acids is 1. The number of hydrogen-bond acceptors (Lipinski definition) is 3. The Labute approximate surface area is 141 Å². The first-order valence-electron chi connectivity index (χ1n) is 7.92. The second-order valence-electron chi connectivity index (χ2n) is 5.75. The SMILES string of the molecule is O=C(Cc1ccccc1Cl)NC[C@@H]1CCCN1c1ccccn1. The zero-order valence-corrected chi connectivity index (χ0v) is 13.7. The molecule has 0 saturated carbocycles. The van der Waals surface area contributed by atoms with Crippen molar-refractivity contribution in [2.24, 2.45) is 0 Å². The second kappa shape index (κ2) is 7.47. The predicted molar refractivity (Wildman–Crippen MR) is 92.8 cm³/mol. The Kier molecular flexibility index (Phi) is 5.13. The first-order valence-corrected chi connectivity index (χ1v) is 8.29. The summed E-state index contributed by atoms with van der Waals surface area (Å²) in [5.41, 5.74) is 0.861. The average molecular weight is 330 g/mol. The summed E-state index contributed by atoms with van der Waals surface area (Å²) in [6.07, 6.45) is 4.32. The van der Waals surface area contributed by atoms with Crippen LogP contribution in [0.4, 0.5) is 5.82 Å². The number of rotatable bonds is 5. The lowest BCUT2D eigenvalue weighted by atomic mass is 10.1. The fourth-order valence-electron chi connectivity index (χ4n) is 2.98. The van der Waals surface area contributed by atoms with Gasteiger partial charge in [0.25, 0.3) is 0 Å². The third-order valence-corrected chi connectivity index (χ3v) is 4.53. The Balaban J connectivity index is 1.55. The van der Waals surface area contributed by atoms with E-state index in [1.807, 2.05) is 42.5 Å². The largest absolute Gasteiger partial charge is 0.354 e. The number of hydrogen-bond donors (Lipinski definition) is 1. The number of benzene rings is 1. The molecule has 1 aromatic carbocycles. The van der Waals surface area contributed by atoms with Crippen LogP contribution in [0.3, 0.4) is 0 Å². The van der Waals surface area contributed by atoms with E-state index >= 15 is 0 Å². The van der Waals surface area contributed by atoms with Crippen LogP contribution in [0.25, 0.3) is 0 Å². The van der Waals surface area contributed by atoms with E-state index < -0.39 is 0 Å². The topological polar surface area (TPSA) is 45.2 Å². The predicted octanol–water partition coefficient (Wildman–Crippen LogP) is 3.06. The zero-order chi connectivity index (χ0) is 16.1. The number of anilines is 1. The summed E-state index contributed by atoms with van der Waals surface area (Å²) >= 11 is 6.10. The molecule has 23 heavy (non-hydrogen) atoms. The lowest BCUT2D eigenvalue weighted by Crippen LogP contribution is -2.41. The molecule has 1 amide bonds. The number of amides is 1. The van der Waals surface area contributed by atoms with Crippen LogP contribution in [0.15, 0.2) is 48.7 Å². The summed E-state index contributed by atoms with van der Waals surface area (Å²) in [7, 11) is 0. The van der Waals surface area contributed by atoms with Crippen LogP contribution in [-0.2, 0) is 11.2 Å². The normalized spacial score (nSPS) is 17.3. The minimum absolute atomic E-state index is 0.00553. The number of halogens is 1. The molecular weight excluding hydrogens is 310 g/mol. The van der Waals surface area contributed by atoms with E-state index in [0.717, 1.165) is 30.8 Å². The highest BCUT2D eigenvalue weighted by molar-refractivity contribution is 6.31. The van der Waals surface area contributed by atoms with Crippen molar-refractivity contribution in [3.63, 3.8) is 0 Å². The highest BCUT2D eigenvalue weighted by Gasteiger charge is 2.25. The molecule has 0 radical (unpaired) electrons. The number of aromatic nitrogens is 1. The summed E-state index contributed by atoms with van der Waals surface area (Å²) in [6.45, 7) is 1.63. The number of carbonyl (C=O) groups is 1. The summed E-state index contributed by atoms with van der Waals surface area (Å²) in [5, 5.41) is 3.67. The first-order chi connectivity index (χ1) is 11.2. The molecule has 1 aromatic heterocycles. The van der Waals surface area contributed by atoms with Gasteiger partial charge >= 0.3 is 0 Å². The van der Waals surface area contributed by atoms with Gasteiger partial charge in [-0.15, -0.1) is 0 Å². The summed E-state index contributed by atoms with van der Waals surface area (Å²) in [4.78, 5) is 18.8. The molecule has 1 aliphatic heterocycles. The lowest BCUT2D eigenvalue weighted by Gasteiger charge is -2.25. The monoisotopic (exact) mass is 329 g/mol. The van der Waals surface area contributed by atoms with Crippen molar-refractivity contribution in [1.82, 2.24) is 10.3 Å². The minimum Gasteiger partial charge on any atom is -0.354 e. The fourth-order valence-corrected chi connectivity index (χ4v) is 3.18. The molecule has 1 aliphatic rings. The van der Waals surface area contributed by atoms with Gasteiger partial charge in [0, 0.05) is 30.4 Å². The van der Waals surface area contributed by atoms with Crippen LogP contribution in [-0.4, -0.2) is 30.0 Å². The van der Waals surface area contributed by atoms with Gasteiger partial charge in [0.05, 0.1) is 6.42 Å². The molecule has 5 heteroatoms. The molecule has 0 unspecified atom stereocenters. The molecule has 1 N–H and O–H groups in total. The maximum atomic E-state index is 12.2. The van der Waals surface area contributed by atoms with E-state index in [9.17, 15) is 4.79 Å². The maximum Gasteiger partial charge on any atom is 0.224 e. The van der Waals surface area contributed by atoms with E-state index in [4.69, 9.17) is 11.6 Å². The molecule has 0 bridgehead atoms. The van der Waals surface area contributed by atoms with Crippen LogP contribution < -0.4 is 10.2 Å². The van der Waals surface area contributed by atoms with Gasteiger partial charge in [-0.2, -0.15) is 0 Å². The van der Waals surface area contributed by atoms with Gasteiger partial charge in [0.2, 0.25) is 5.91 Å². The molecule has 1 fully saturated rings. The number of nitrogens with one attached hydrogen (secondary N) is 1. The molecule has 120 valence electrons. The van der Waals surface area contributed by atoms with Crippen molar-refractivity contribution in [3.8, 4) is 0 Å². The van der Waals surface area contributed by atoms with Crippen molar-refractivity contribution in [3.05, 3.63) is 59.2 Å². The summed E-state index contributed by atoms with van der Waals surface area (Å²) < 4.78 is 0. The van der Waals surface area contributed by atoms with E-state index in [2.05, 4.69) is 15.2 Å². The van der Waals surface area contributed by atoms with E-state index in [0.29, 0.717) is 24.0 Å². The van der Waals surface area contributed by atoms with Crippen LogP contribution in [0, 0.1) is 0 Å². The Morgan fingerprint density at radius 2 is 2.09 bits per heavy atom. The van der Waals surface area contributed by atoms with Crippen molar-refractivity contribution < 1.29 is 4.79 Å². The van der Waals surface area contributed by atoms with Crippen LogP contribution in [0.2, 0.25) is 5.02 Å². The van der Waals surface area contributed by atoms with Crippen LogP contribution >= 0.6 is 11.6 Å². The number of nitrogens with zero attached hydrogens (tertiary/aromatic N) is 2. The van der Waals surface area contributed by atoms with Crippen molar-refractivity contribution in [1.29, 1.82) is 0 Å². The van der Waals surface area contributed by atoms with Crippen molar-refractivity contribution in [2.75, 3.05) is 18.0 Å². The van der Waals surface area contributed by atoms with Crippen LogP contribution in [0.5, 0.6) is 0 Å². The highest BCUT2D eigenvalue weighted by Crippen LogP contribution is 2.23. The first kappa shape index (κ1) is 15.8. The molecule has 0 aliphatic carbocycles. The average Bonchev–Trinajstić information content (AvgIpc) is 3.04.